The van der Waals surface area contributed by atoms with Crippen molar-refractivity contribution in [3.63, 3.8) is 0 Å². The van der Waals surface area contributed by atoms with Gasteiger partial charge in [0.05, 0.1) is 17.7 Å². The lowest BCUT2D eigenvalue weighted by Gasteiger charge is -2.07. The third-order valence-electron chi connectivity index (χ3n) is 3.23. The average molecular weight is 328 g/mol. The predicted molar refractivity (Wildman–Crippen MR) is 90.1 cm³/mol. The van der Waals surface area contributed by atoms with E-state index in [-0.39, 0.29) is 5.91 Å². The zero-order valence-corrected chi connectivity index (χ0v) is 13.6. The predicted octanol–water partition coefficient (Wildman–Crippen LogP) is 3.35. The first-order chi connectivity index (χ1) is 11.2. The lowest BCUT2D eigenvalue weighted by molar-refractivity contribution is -0.115. The molecule has 0 saturated heterocycles. The third kappa shape index (κ3) is 3.24. The van der Waals surface area contributed by atoms with Crippen molar-refractivity contribution in [2.24, 2.45) is 0 Å². The number of carbonyl (C=O) groups excluding carboxylic acids is 1. The van der Waals surface area contributed by atoms with Crippen molar-refractivity contribution in [2.45, 2.75) is 13.3 Å². The van der Waals surface area contributed by atoms with E-state index in [4.69, 9.17) is 4.74 Å². The fraction of sp³-hybridized carbons (Fsp3) is 0.188. The summed E-state index contributed by atoms with van der Waals surface area (Å²) < 4.78 is 6.88. The summed E-state index contributed by atoms with van der Waals surface area (Å²) in [4.78, 5) is 16.8. The van der Waals surface area contributed by atoms with E-state index >= 15 is 0 Å². The Labute approximate surface area is 137 Å². The van der Waals surface area contributed by atoms with Crippen LogP contribution in [-0.4, -0.2) is 27.8 Å². The Morgan fingerprint density at radius 2 is 2.09 bits per heavy atom. The van der Waals surface area contributed by atoms with E-state index < -0.39 is 0 Å². The molecule has 3 rings (SSSR count). The molecule has 0 aliphatic rings. The highest BCUT2D eigenvalue weighted by Crippen LogP contribution is 2.27. The van der Waals surface area contributed by atoms with Crippen LogP contribution in [0.15, 0.2) is 41.8 Å². The lowest BCUT2D eigenvalue weighted by atomic mass is 10.2. The van der Waals surface area contributed by atoms with Crippen LogP contribution in [-0.2, 0) is 4.79 Å². The number of amides is 1. The number of aromatic nitrogens is 3. The van der Waals surface area contributed by atoms with Gasteiger partial charge in [0.25, 0.3) is 0 Å². The Bertz CT molecular complexity index is 794. The molecule has 7 heteroatoms. The topological polar surface area (TPSA) is 69.0 Å². The number of carbonyl (C=O) groups is 1. The molecule has 0 saturated carbocycles. The Morgan fingerprint density at radius 3 is 2.70 bits per heavy atom. The minimum absolute atomic E-state index is 0.0144. The number of anilines is 1. The molecule has 0 aliphatic carbocycles. The van der Waals surface area contributed by atoms with Crippen LogP contribution in [0.3, 0.4) is 0 Å². The molecule has 2 aromatic heterocycles. The van der Waals surface area contributed by atoms with Crippen LogP contribution in [0.25, 0.3) is 16.4 Å². The van der Waals surface area contributed by atoms with Crippen LogP contribution in [0.4, 0.5) is 5.69 Å². The van der Waals surface area contributed by atoms with Crippen molar-refractivity contribution >= 4 is 22.9 Å². The minimum Gasteiger partial charge on any atom is -0.466 e. The average Bonchev–Trinajstić information content (AvgIpc) is 3.24. The van der Waals surface area contributed by atoms with Gasteiger partial charge in [-0.2, -0.15) is 4.98 Å². The number of hydrogen-bond acceptors (Lipinski definition) is 5. The summed E-state index contributed by atoms with van der Waals surface area (Å²) in [6, 6.07) is 11.7. The quantitative estimate of drug-likeness (QED) is 0.780. The molecule has 1 amide bonds. The van der Waals surface area contributed by atoms with Gasteiger partial charge in [0, 0.05) is 12.1 Å². The van der Waals surface area contributed by atoms with E-state index in [9.17, 15) is 4.79 Å². The fourth-order valence-corrected chi connectivity index (χ4v) is 2.76. The molecule has 0 fully saturated rings. The Hall–Kier alpha value is -2.67. The maximum Gasteiger partial charge on any atom is 0.336 e. The Morgan fingerprint density at radius 1 is 1.30 bits per heavy atom. The molecule has 6 nitrogen and oxygen atoms in total. The van der Waals surface area contributed by atoms with Gasteiger partial charge in [0.15, 0.2) is 5.82 Å². The molecule has 0 bridgehead atoms. The fourth-order valence-electron chi connectivity index (χ4n) is 2.06. The lowest BCUT2D eigenvalue weighted by Crippen LogP contribution is -2.09. The SMILES string of the molecule is CCC(=O)Nc1ccc(-n2nc(OC)nc2-c2cccs2)cc1. The third-order valence-corrected chi connectivity index (χ3v) is 4.09. The van der Waals surface area contributed by atoms with Crippen LogP contribution in [0, 0.1) is 0 Å². The molecule has 0 radical (unpaired) electrons. The second-order valence-corrected chi connectivity index (χ2v) is 5.71. The largest absolute Gasteiger partial charge is 0.466 e. The van der Waals surface area contributed by atoms with E-state index in [1.165, 1.54) is 0 Å². The van der Waals surface area contributed by atoms with E-state index in [1.807, 2.05) is 48.7 Å². The van der Waals surface area contributed by atoms with Gasteiger partial charge < -0.3 is 10.1 Å². The van der Waals surface area contributed by atoms with E-state index in [2.05, 4.69) is 15.4 Å². The molecule has 1 aromatic carbocycles. The molecule has 0 unspecified atom stereocenters. The summed E-state index contributed by atoms with van der Waals surface area (Å²) in [5.41, 5.74) is 1.60. The number of hydrogen-bond donors (Lipinski definition) is 1. The molecular weight excluding hydrogens is 312 g/mol. The number of rotatable bonds is 5. The number of nitrogens with one attached hydrogen (secondary N) is 1. The van der Waals surface area contributed by atoms with Crippen LogP contribution in [0.5, 0.6) is 6.01 Å². The van der Waals surface area contributed by atoms with Crippen molar-refractivity contribution in [2.75, 3.05) is 12.4 Å². The maximum absolute atomic E-state index is 11.4. The molecular formula is C16H16N4O2S. The van der Waals surface area contributed by atoms with Gasteiger partial charge in [-0.15, -0.1) is 16.4 Å². The van der Waals surface area contributed by atoms with E-state index in [0.29, 0.717) is 12.4 Å². The van der Waals surface area contributed by atoms with Crippen molar-refractivity contribution in [3.05, 3.63) is 41.8 Å². The number of nitrogens with zero attached hydrogens (tertiary/aromatic N) is 3. The summed E-state index contributed by atoms with van der Waals surface area (Å²) in [6.07, 6.45) is 0.449. The molecule has 2 heterocycles. The van der Waals surface area contributed by atoms with Gasteiger partial charge in [-0.25, -0.2) is 4.68 Å². The van der Waals surface area contributed by atoms with Gasteiger partial charge in [0.2, 0.25) is 5.91 Å². The van der Waals surface area contributed by atoms with Gasteiger partial charge in [0.1, 0.15) is 0 Å². The highest BCUT2D eigenvalue weighted by molar-refractivity contribution is 7.13. The molecule has 1 N–H and O–H groups in total. The van der Waals surface area contributed by atoms with Gasteiger partial charge in [-0.1, -0.05) is 13.0 Å². The number of thiophene rings is 1. The second-order valence-electron chi connectivity index (χ2n) is 4.76. The number of methoxy groups -OCH3 is 1. The first-order valence-corrected chi connectivity index (χ1v) is 8.04. The first kappa shape index (κ1) is 15.2. The number of benzene rings is 1. The van der Waals surface area contributed by atoms with Gasteiger partial charge in [-0.05, 0) is 35.7 Å². The molecule has 0 atom stereocenters. The van der Waals surface area contributed by atoms with Crippen LogP contribution in [0.1, 0.15) is 13.3 Å². The molecule has 0 spiro atoms. The summed E-state index contributed by atoms with van der Waals surface area (Å²) in [7, 11) is 1.54. The maximum atomic E-state index is 11.4. The standard InChI is InChI=1S/C16H16N4O2S/c1-3-14(21)17-11-6-8-12(9-7-11)20-15(13-5-4-10-23-13)18-16(19-20)22-2/h4-10H,3H2,1-2H3,(H,17,21). The molecule has 0 aliphatic heterocycles. The normalized spacial score (nSPS) is 10.5. The highest BCUT2D eigenvalue weighted by atomic mass is 32.1. The van der Waals surface area contributed by atoms with Gasteiger partial charge in [-0.3, -0.25) is 4.79 Å². The van der Waals surface area contributed by atoms with E-state index in [0.717, 1.165) is 22.1 Å². The zero-order chi connectivity index (χ0) is 16.2. The zero-order valence-electron chi connectivity index (χ0n) is 12.8. The smallest absolute Gasteiger partial charge is 0.336 e. The number of ether oxygens (including phenoxy) is 1. The van der Waals surface area contributed by atoms with Crippen LogP contribution in [0.2, 0.25) is 0 Å². The summed E-state index contributed by atoms with van der Waals surface area (Å²) in [5, 5.41) is 9.18. The van der Waals surface area contributed by atoms with Crippen molar-refractivity contribution in [1.82, 2.24) is 14.8 Å². The summed E-state index contributed by atoms with van der Waals surface area (Å²) in [6.45, 7) is 1.82. The van der Waals surface area contributed by atoms with E-state index in [1.54, 1.807) is 23.1 Å². The Balaban J connectivity index is 1.95. The summed E-state index contributed by atoms with van der Waals surface area (Å²) in [5.74, 6) is 0.710. The van der Waals surface area contributed by atoms with Gasteiger partial charge >= 0.3 is 6.01 Å². The van der Waals surface area contributed by atoms with Crippen LogP contribution >= 0.6 is 11.3 Å². The van der Waals surface area contributed by atoms with Crippen molar-refractivity contribution in [1.29, 1.82) is 0 Å². The molecule has 3 aromatic rings. The van der Waals surface area contributed by atoms with Crippen LogP contribution < -0.4 is 10.1 Å². The Kier molecular flexibility index (Phi) is 4.38. The highest BCUT2D eigenvalue weighted by Gasteiger charge is 2.14. The second kappa shape index (κ2) is 6.62. The first-order valence-electron chi connectivity index (χ1n) is 7.16. The van der Waals surface area contributed by atoms with Crippen molar-refractivity contribution < 1.29 is 9.53 Å². The summed E-state index contributed by atoms with van der Waals surface area (Å²) >= 11 is 1.59. The monoisotopic (exact) mass is 328 g/mol. The van der Waals surface area contributed by atoms with Crippen molar-refractivity contribution in [3.8, 4) is 22.4 Å². The molecule has 23 heavy (non-hydrogen) atoms. The molecule has 118 valence electrons. The minimum atomic E-state index is -0.0144.